The summed E-state index contributed by atoms with van der Waals surface area (Å²) in [6.45, 7) is 5.09. The molecule has 8 nitrogen and oxygen atoms in total. The van der Waals surface area contributed by atoms with E-state index in [0.29, 0.717) is 41.1 Å². The normalized spacial score (nSPS) is 11.2. The summed E-state index contributed by atoms with van der Waals surface area (Å²) in [5.41, 5.74) is 4.74. The fourth-order valence-corrected chi connectivity index (χ4v) is 9.10. The Morgan fingerprint density at radius 3 is 1.53 bits per heavy atom. The number of carbonyl (C=O) groups is 2. The zero-order chi connectivity index (χ0) is 34.3. The third kappa shape index (κ3) is 9.39. The van der Waals surface area contributed by atoms with Crippen LogP contribution in [-0.4, -0.2) is 46.5 Å². The Morgan fingerprint density at radius 1 is 0.673 bits per heavy atom. The molecule has 0 unspecified atom stereocenters. The second-order valence-electron chi connectivity index (χ2n) is 10.6. The molecule has 2 N–H and O–H groups in total. The quantitative estimate of drug-likeness (QED) is 0.106. The molecule has 2 heterocycles. The minimum atomic E-state index is -0.173. The number of aromatic nitrogens is 2. The molecule has 49 heavy (non-hydrogen) atoms. The van der Waals surface area contributed by atoms with E-state index in [1.165, 1.54) is 46.2 Å². The maximum Gasteiger partial charge on any atom is 0.234 e. The lowest BCUT2D eigenvalue weighted by molar-refractivity contribution is -0.114. The van der Waals surface area contributed by atoms with Gasteiger partial charge in [0.25, 0.3) is 0 Å². The van der Waals surface area contributed by atoms with Crippen molar-refractivity contribution in [2.45, 2.75) is 28.9 Å². The first-order chi connectivity index (χ1) is 23.8. The summed E-state index contributed by atoms with van der Waals surface area (Å²) in [6, 6.07) is 22.7. The molecule has 14 heteroatoms. The number of benzene rings is 4. The number of fused-ring (bicyclic) bond motifs is 2. The van der Waals surface area contributed by atoms with Gasteiger partial charge in [0.15, 0.2) is 8.68 Å². The van der Waals surface area contributed by atoms with Crippen LogP contribution in [0.15, 0.2) is 81.5 Å². The van der Waals surface area contributed by atoms with Crippen molar-refractivity contribution in [3.8, 4) is 11.5 Å². The zero-order valence-electron chi connectivity index (χ0n) is 26.4. The summed E-state index contributed by atoms with van der Waals surface area (Å²) in [7, 11) is 0. The van der Waals surface area contributed by atoms with Crippen LogP contribution in [0.5, 0.6) is 11.5 Å². The molecule has 6 aromatic rings. The molecular formula is C35H30Cl2N4O4S4. The minimum absolute atomic E-state index is 0.173. The molecule has 0 aliphatic rings. The Labute approximate surface area is 309 Å². The maximum atomic E-state index is 12.7. The van der Waals surface area contributed by atoms with Gasteiger partial charge in [0.05, 0.1) is 66.6 Å². The second-order valence-corrected chi connectivity index (χ2v) is 15.9. The summed E-state index contributed by atoms with van der Waals surface area (Å²) in [4.78, 5) is 34.6. The van der Waals surface area contributed by atoms with Gasteiger partial charge in [0.1, 0.15) is 11.5 Å². The highest BCUT2D eigenvalue weighted by Gasteiger charge is 2.13. The van der Waals surface area contributed by atoms with Crippen molar-refractivity contribution in [1.29, 1.82) is 0 Å². The molecule has 0 radical (unpaired) electrons. The summed E-state index contributed by atoms with van der Waals surface area (Å²) in [5, 5.41) is 6.67. The first-order valence-corrected chi connectivity index (χ1v) is 19.6. The number of halogens is 2. The number of hydrogen-bond donors (Lipinski definition) is 2. The maximum absolute atomic E-state index is 12.7. The van der Waals surface area contributed by atoms with Crippen LogP contribution in [0.4, 0.5) is 11.4 Å². The van der Waals surface area contributed by atoms with Gasteiger partial charge in [-0.25, -0.2) is 9.97 Å². The van der Waals surface area contributed by atoms with Crippen LogP contribution in [0, 0.1) is 0 Å². The Bertz CT molecular complexity index is 1990. The smallest absolute Gasteiger partial charge is 0.234 e. The van der Waals surface area contributed by atoms with Gasteiger partial charge in [-0.1, -0.05) is 58.9 Å². The Morgan fingerprint density at radius 2 is 1.12 bits per heavy atom. The lowest BCUT2D eigenvalue weighted by atomic mass is 10.0. The molecule has 6 rings (SSSR count). The van der Waals surface area contributed by atoms with Gasteiger partial charge in [-0.2, -0.15) is 0 Å². The fourth-order valence-electron chi connectivity index (χ4n) is 4.81. The van der Waals surface area contributed by atoms with Crippen molar-refractivity contribution in [2.24, 2.45) is 0 Å². The highest BCUT2D eigenvalue weighted by Crippen LogP contribution is 2.34. The van der Waals surface area contributed by atoms with Crippen molar-refractivity contribution in [3.05, 3.63) is 94.0 Å². The molecular weight excluding hydrogens is 740 g/mol. The first-order valence-electron chi connectivity index (χ1n) is 15.2. The average molecular weight is 770 g/mol. The van der Waals surface area contributed by atoms with Crippen LogP contribution in [-0.2, 0) is 16.0 Å². The fraction of sp³-hybridized carbons (Fsp3) is 0.200. The van der Waals surface area contributed by atoms with E-state index in [1.807, 2.05) is 74.5 Å². The highest BCUT2D eigenvalue weighted by molar-refractivity contribution is 8.02. The Hall–Kier alpha value is -3.52. The van der Waals surface area contributed by atoms with Crippen LogP contribution in [0.2, 0.25) is 10.0 Å². The summed E-state index contributed by atoms with van der Waals surface area (Å²) < 4.78 is 14.8. The van der Waals surface area contributed by atoms with E-state index in [4.69, 9.17) is 32.7 Å². The molecule has 0 aliphatic carbocycles. The number of ether oxygens (including phenoxy) is 2. The number of nitrogens with zero attached hydrogens (tertiary/aromatic N) is 2. The molecule has 0 aliphatic heterocycles. The largest absolute Gasteiger partial charge is 0.494 e. The molecule has 0 bridgehead atoms. The number of thiazole rings is 2. The third-order valence-corrected chi connectivity index (χ3v) is 11.9. The molecule has 0 atom stereocenters. The lowest BCUT2D eigenvalue weighted by Gasteiger charge is -2.11. The van der Waals surface area contributed by atoms with Crippen LogP contribution >= 0.6 is 69.4 Å². The number of hydrogen-bond acceptors (Lipinski definition) is 10. The van der Waals surface area contributed by atoms with Gasteiger partial charge in [-0.3, -0.25) is 9.59 Å². The molecule has 2 aromatic heterocycles. The molecule has 0 saturated heterocycles. The van der Waals surface area contributed by atoms with Crippen molar-refractivity contribution in [3.63, 3.8) is 0 Å². The van der Waals surface area contributed by atoms with Gasteiger partial charge in [0.2, 0.25) is 11.8 Å². The highest BCUT2D eigenvalue weighted by atomic mass is 35.5. The zero-order valence-corrected chi connectivity index (χ0v) is 31.2. The number of anilines is 2. The van der Waals surface area contributed by atoms with Crippen LogP contribution in [0.1, 0.15) is 25.0 Å². The minimum Gasteiger partial charge on any atom is -0.494 e. The SMILES string of the molecule is CCOc1ccc2nc(SCC(=O)Nc3ccc(Cc4ccc(NC(=O)CSc5nc6ccc(OCC)cc6s5)c(Cl)c4)cc3Cl)sc2c1. The van der Waals surface area contributed by atoms with Crippen molar-refractivity contribution in [2.75, 3.05) is 35.4 Å². The van der Waals surface area contributed by atoms with Crippen LogP contribution < -0.4 is 20.1 Å². The van der Waals surface area contributed by atoms with E-state index in [9.17, 15) is 9.59 Å². The number of nitrogens with one attached hydrogen (secondary N) is 2. The van der Waals surface area contributed by atoms with Crippen molar-refractivity contribution in [1.82, 2.24) is 9.97 Å². The van der Waals surface area contributed by atoms with Gasteiger partial charge in [0, 0.05) is 0 Å². The monoisotopic (exact) mass is 768 g/mol. The third-order valence-electron chi connectivity index (χ3n) is 6.98. The van der Waals surface area contributed by atoms with E-state index in [-0.39, 0.29) is 23.3 Å². The predicted molar refractivity (Wildman–Crippen MR) is 206 cm³/mol. The molecule has 4 aromatic carbocycles. The number of amides is 2. The van der Waals surface area contributed by atoms with E-state index >= 15 is 0 Å². The molecule has 252 valence electrons. The lowest BCUT2D eigenvalue weighted by Crippen LogP contribution is -2.14. The molecule has 0 spiro atoms. The van der Waals surface area contributed by atoms with Gasteiger partial charge >= 0.3 is 0 Å². The molecule has 0 fully saturated rings. The summed E-state index contributed by atoms with van der Waals surface area (Å²) >= 11 is 18.9. The summed E-state index contributed by atoms with van der Waals surface area (Å²) in [5.74, 6) is 1.67. The number of rotatable bonds is 14. The Kier molecular flexibility index (Phi) is 11.9. The number of thioether (sulfide) groups is 2. The van der Waals surface area contributed by atoms with Crippen molar-refractivity contribution < 1.29 is 19.1 Å². The standard InChI is InChI=1S/C35H30Cl2N4O4S4/c1-3-44-22-7-11-28-30(16-22)48-34(40-28)46-18-32(42)38-26-9-5-20(14-24(26)36)13-21-6-10-27(25(37)15-21)39-33(43)19-47-35-41-29-12-8-23(45-4-2)17-31(29)49-35/h5-12,14-17H,3-4,13,18-19H2,1-2H3,(H,38,42)(H,39,43). The topological polar surface area (TPSA) is 102 Å². The van der Waals surface area contributed by atoms with E-state index in [1.54, 1.807) is 12.1 Å². The molecule has 0 saturated carbocycles. The van der Waals surface area contributed by atoms with Gasteiger partial charge in [-0.15, -0.1) is 22.7 Å². The average Bonchev–Trinajstić information content (AvgIpc) is 3.69. The van der Waals surface area contributed by atoms with Gasteiger partial charge < -0.3 is 20.1 Å². The molecule has 2 amide bonds. The first kappa shape index (κ1) is 35.3. The van der Waals surface area contributed by atoms with Gasteiger partial charge in [-0.05, 0) is 92.1 Å². The van der Waals surface area contributed by atoms with Crippen molar-refractivity contribution >= 4 is 113 Å². The van der Waals surface area contributed by atoms with Crippen LogP contribution in [0.3, 0.4) is 0 Å². The predicted octanol–water partition coefficient (Wildman–Crippen LogP) is 10.1. The number of carbonyl (C=O) groups excluding carboxylic acids is 2. The van der Waals surface area contributed by atoms with Crippen LogP contribution in [0.25, 0.3) is 20.4 Å². The van der Waals surface area contributed by atoms with E-state index in [0.717, 1.165) is 51.7 Å². The Balaban J connectivity index is 0.983. The summed E-state index contributed by atoms with van der Waals surface area (Å²) in [6.07, 6.45) is 0.568. The van der Waals surface area contributed by atoms with E-state index in [2.05, 4.69) is 20.6 Å². The second kappa shape index (κ2) is 16.5. The van der Waals surface area contributed by atoms with E-state index < -0.39 is 0 Å².